The van der Waals surface area contributed by atoms with Gasteiger partial charge in [0.25, 0.3) is 12.3 Å². The summed E-state index contributed by atoms with van der Waals surface area (Å²) in [6.45, 7) is 8.39. The first kappa shape index (κ1) is 22.5. The zero-order chi connectivity index (χ0) is 22.8. The molecule has 1 N–H and O–H groups in total. The number of nitrogens with one attached hydrogen (secondary N) is 1. The molecule has 0 aliphatic rings. The van der Waals surface area contributed by atoms with Crippen LogP contribution in [-0.2, 0) is 12.5 Å². The number of aryl methyl sites for hydroxylation is 2. The summed E-state index contributed by atoms with van der Waals surface area (Å²) in [7, 11) is 1.49. The van der Waals surface area contributed by atoms with E-state index in [1.807, 2.05) is 19.1 Å². The van der Waals surface area contributed by atoms with E-state index in [0.717, 1.165) is 17.5 Å². The van der Waals surface area contributed by atoms with Crippen molar-refractivity contribution in [2.24, 2.45) is 7.05 Å². The first-order valence-electron chi connectivity index (χ1n) is 10.1. The Morgan fingerprint density at radius 1 is 1.19 bits per heavy atom. The monoisotopic (exact) mass is 427 g/mol. The van der Waals surface area contributed by atoms with E-state index in [9.17, 15) is 13.6 Å². The van der Waals surface area contributed by atoms with Crippen molar-refractivity contribution in [1.29, 1.82) is 0 Å². The number of rotatable bonds is 7. The molecule has 7 heteroatoms. The number of para-hydroxylation sites is 2. The third-order valence-corrected chi connectivity index (χ3v) is 5.41. The van der Waals surface area contributed by atoms with Crippen LogP contribution in [0.5, 0.6) is 11.5 Å². The number of carbonyl (C=O) groups excluding carboxylic acids is 1. The maximum atomic E-state index is 13.3. The van der Waals surface area contributed by atoms with Gasteiger partial charge in [-0.25, -0.2) is 8.78 Å². The number of alkyl halides is 2. The van der Waals surface area contributed by atoms with Gasteiger partial charge in [-0.2, -0.15) is 5.10 Å². The smallest absolute Gasteiger partial charge is 0.282 e. The number of nitrogens with zero attached hydrogens (tertiary/aromatic N) is 2. The fraction of sp³-hybridized carbons (Fsp3) is 0.333. The summed E-state index contributed by atoms with van der Waals surface area (Å²) in [6, 6.07) is 13.0. The van der Waals surface area contributed by atoms with Gasteiger partial charge in [-0.15, -0.1) is 0 Å². The van der Waals surface area contributed by atoms with Crippen molar-refractivity contribution in [3.8, 4) is 11.5 Å². The highest BCUT2D eigenvalue weighted by atomic mass is 19.3. The van der Waals surface area contributed by atoms with Gasteiger partial charge in [0, 0.05) is 18.8 Å². The molecule has 0 bridgehead atoms. The van der Waals surface area contributed by atoms with Crippen molar-refractivity contribution in [1.82, 2.24) is 9.78 Å². The van der Waals surface area contributed by atoms with Crippen molar-refractivity contribution in [2.45, 2.75) is 46.0 Å². The number of hydrogen-bond donors (Lipinski definition) is 1. The lowest BCUT2D eigenvalue weighted by Crippen LogP contribution is -2.17. The Balaban J connectivity index is 1.94. The van der Waals surface area contributed by atoms with Crippen molar-refractivity contribution < 1.29 is 18.3 Å². The largest absolute Gasteiger partial charge is 0.455 e. The molecule has 0 radical (unpaired) electrons. The van der Waals surface area contributed by atoms with Crippen LogP contribution in [0.1, 0.15) is 60.8 Å². The van der Waals surface area contributed by atoms with E-state index in [4.69, 9.17) is 4.74 Å². The Kier molecular flexibility index (Phi) is 6.43. The van der Waals surface area contributed by atoms with Crippen LogP contribution in [-0.4, -0.2) is 15.7 Å². The minimum Gasteiger partial charge on any atom is -0.455 e. The third kappa shape index (κ3) is 4.93. The second-order valence-corrected chi connectivity index (χ2v) is 8.19. The maximum absolute atomic E-state index is 13.3. The Bertz CT molecular complexity index is 1090. The maximum Gasteiger partial charge on any atom is 0.282 e. The van der Waals surface area contributed by atoms with Crippen molar-refractivity contribution in [2.75, 3.05) is 5.32 Å². The molecule has 0 saturated carbocycles. The van der Waals surface area contributed by atoms with E-state index in [1.165, 1.54) is 17.9 Å². The second kappa shape index (κ2) is 8.88. The Hall–Kier alpha value is -3.22. The van der Waals surface area contributed by atoms with Gasteiger partial charge in [-0.05, 0) is 42.5 Å². The lowest BCUT2D eigenvalue weighted by atomic mass is 9.81. The lowest BCUT2D eigenvalue weighted by Gasteiger charge is -2.26. The molecule has 3 rings (SSSR count). The number of benzene rings is 2. The molecule has 1 aromatic heterocycles. The van der Waals surface area contributed by atoms with E-state index in [1.54, 1.807) is 24.3 Å². The molecule has 3 aromatic rings. The number of ether oxygens (including phenoxy) is 1. The summed E-state index contributed by atoms with van der Waals surface area (Å²) in [5, 5.41) is 6.39. The Morgan fingerprint density at radius 3 is 2.58 bits per heavy atom. The molecule has 164 valence electrons. The topological polar surface area (TPSA) is 56.1 Å². The highest BCUT2D eigenvalue weighted by Crippen LogP contribution is 2.39. The first-order chi connectivity index (χ1) is 14.6. The Morgan fingerprint density at radius 2 is 1.90 bits per heavy atom. The zero-order valence-electron chi connectivity index (χ0n) is 18.4. The third-order valence-electron chi connectivity index (χ3n) is 5.41. The number of aromatic nitrogens is 2. The molecule has 0 saturated heterocycles. The van der Waals surface area contributed by atoms with Gasteiger partial charge < -0.3 is 10.1 Å². The summed E-state index contributed by atoms with van der Waals surface area (Å²) in [5.41, 5.74) is 1.65. The van der Waals surface area contributed by atoms with Crippen molar-refractivity contribution in [3.63, 3.8) is 0 Å². The number of anilines is 1. The van der Waals surface area contributed by atoms with Gasteiger partial charge in [0.05, 0.1) is 11.3 Å². The number of hydrogen-bond acceptors (Lipinski definition) is 3. The fourth-order valence-corrected chi connectivity index (χ4v) is 3.27. The highest BCUT2D eigenvalue weighted by molar-refractivity contribution is 6.05. The molecule has 0 unspecified atom stereocenters. The minimum atomic E-state index is -2.85. The lowest BCUT2D eigenvalue weighted by molar-refractivity contribution is 0.101. The SMILES string of the molecule is CCC(C)(C)c1ccc(C)cc1Oc1ccccc1NC(=O)c1cn(C)nc1C(F)F. The van der Waals surface area contributed by atoms with Gasteiger partial charge in [0.2, 0.25) is 0 Å². The molecule has 0 aliphatic heterocycles. The number of carbonyl (C=O) groups is 1. The predicted molar refractivity (Wildman–Crippen MR) is 117 cm³/mol. The molecule has 0 aliphatic carbocycles. The van der Waals surface area contributed by atoms with Gasteiger partial charge in [0.1, 0.15) is 11.4 Å². The summed E-state index contributed by atoms with van der Waals surface area (Å²) >= 11 is 0. The number of amides is 1. The molecule has 0 atom stereocenters. The van der Waals surface area contributed by atoms with E-state index >= 15 is 0 Å². The Labute approximate surface area is 181 Å². The van der Waals surface area contributed by atoms with Crippen LogP contribution in [0.15, 0.2) is 48.7 Å². The molecule has 31 heavy (non-hydrogen) atoms. The van der Waals surface area contributed by atoms with Crippen LogP contribution in [0.4, 0.5) is 14.5 Å². The van der Waals surface area contributed by atoms with Crippen LogP contribution in [0.2, 0.25) is 0 Å². The summed E-state index contributed by atoms with van der Waals surface area (Å²) in [6.07, 6.45) is -0.648. The molecule has 1 heterocycles. The average Bonchev–Trinajstić information content (AvgIpc) is 3.11. The van der Waals surface area contributed by atoms with E-state index < -0.39 is 18.0 Å². The van der Waals surface area contributed by atoms with E-state index in [0.29, 0.717) is 17.2 Å². The molecule has 5 nitrogen and oxygen atoms in total. The quantitative estimate of drug-likeness (QED) is 0.475. The van der Waals surface area contributed by atoms with Crippen LogP contribution in [0.25, 0.3) is 0 Å². The van der Waals surface area contributed by atoms with Gasteiger partial charge in [0.15, 0.2) is 5.75 Å². The minimum absolute atomic E-state index is 0.108. The number of halogens is 2. The average molecular weight is 427 g/mol. The van der Waals surface area contributed by atoms with Crippen molar-refractivity contribution in [3.05, 3.63) is 71.0 Å². The predicted octanol–water partition coefficient (Wildman–Crippen LogP) is 6.40. The summed E-state index contributed by atoms with van der Waals surface area (Å²) in [5.74, 6) is 0.457. The first-order valence-corrected chi connectivity index (χ1v) is 10.1. The molecule has 2 aromatic carbocycles. The van der Waals surface area contributed by atoms with Crippen LogP contribution >= 0.6 is 0 Å². The van der Waals surface area contributed by atoms with Gasteiger partial charge in [-0.1, -0.05) is 45.0 Å². The van der Waals surface area contributed by atoms with Crippen LogP contribution in [0, 0.1) is 6.92 Å². The highest BCUT2D eigenvalue weighted by Gasteiger charge is 2.25. The summed E-state index contributed by atoms with van der Waals surface area (Å²) < 4.78 is 34.0. The molecular weight excluding hydrogens is 400 g/mol. The zero-order valence-corrected chi connectivity index (χ0v) is 18.4. The van der Waals surface area contributed by atoms with Crippen LogP contribution in [0.3, 0.4) is 0 Å². The molecule has 0 spiro atoms. The molecular formula is C24H27F2N3O2. The molecule has 1 amide bonds. The van der Waals surface area contributed by atoms with Crippen molar-refractivity contribution >= 4 is 11.6 Å². The van der Waals surface area contributed by atoms with Gasteiger partial charge >= 0.3 is 0 Å². The van der Waals surface area contributed by atoms with Crippen LogP contribution < -0.4 is 10.1 Å². The standard InChI is InChI=1S/C24H27F2N3O2/c1-6-24(3,4)17-12-11-15(2)13-20(17)31-19-10-8-7-9-18(19)27-23(30)16-14-29(5)28-21(16)22(25)26/h7-14,22H,6H2,1-5H3,(H,27,30). The normalized spacial score (nSPS) is 11.6. The van der Waals surface area contributed by atoms with E-state index in [2.05, 4.69) is 37.3 Å². The fourth-order valence-electron chi connectivity index (χ4n) is 3.27. The summed E-state index contributed by atoms with van der Waals surface area (Å²) in [4.78, 5) is 12.7. The molecule has 0 fully saturated rings. The van der Waals surface area contributed by atoms with E-state index in [-0.39, 0.29) is 11.0 Å². The van der Waals surface area contributed by atoms with Gasteiger partial charge in [-0.3, -0.25) is 9.48 Å². The second-order valence-electron chi connectivity index (χ2n) is 8.19.